The summed E-state index contributed by atoms with van der Waals surface area (Å²) < 4.78 is 5.16. The minimum atomic E-state index is -0.197. The summed E-state index contributed by atoms with van der Waals surface area (Å²) in [7, 11) is 0. The van der Waals surface area contributed by atoms with E-state index in [1.165, 1.54) is 162 Å². The van der Waals surface area contributed by atoms with Crippen LogP contribution in [-0.4, -0.2) is 15.8 Å². The molecule has 4 nitrogen and oxygen atoms in total. The molecule has 0 atom stereocenters. The van der Waals surface area contributed by atoms with Crippen LogP contribution in [0.1, 0.15) is 182 Å². The van der Waals surface area contributed by atoms with Crippen molar-refractivity contribution in [1.29, 1.82) is 0 Å². The van der Waals surface area contributed by atoms with E-state index < -0.39 is 0 Å². The van der Waals surface area contributed by atoms with E-state index in [0.717, 1.165) is 63.7 Å². The zero-order valence-corrected chi connectivity index (χ0v) is 71.4. The van der Waals surface area contributed by atoms with Crippen molar-refractivity contribution in [2.24, 2.45) is 0 Å². The van der Waals surface area contributed by atoms with E-state index in [9.17, 15) is 0 Å². The highest BCUT2D eigenvalue weighted by Gasteiger charge is 2.46. The molecule has 0 spiro atoms. The standard InChI is InChI=1S/C112H107BN4/c1-106(2,3)80-30-24-29-74(59-80)79-37-49-95-101(64-79)114(83-42-31-72(32-43-83)77-35-47-91-93(62-77)111(14,15)57-55-109(91,10)11)103-68-86(117-99-53-40-81(107(4,5)6)65-89(99)90-66-82(108(7,8)9)41-54-100(90)117)69-104-105(103)113(95)96-50-46-85(67-102(96)115(104)84-44-33-73(34-45-84)78-36-48-92-94(63-78)112(16,17)58-56-110(92,12)13)116-97-51-38-75(70-25-20-18-21-26-70)60-87(97)88-61-76(39-52-98(88)116)71-27-22-19-23-28-71/h18-54,59-69H,55-58H2,1-17H3. The van der Waals surface area contributed by atoms with Gasteiger partial charge in [-0.15, -0.1) is 0 Å². The second-order valence-electron chi connectivity index (χ2n) is 40.3. The fourth-order valence-electron chi connectivity index (χ4n) is 20.4. The van der Waals surface area contributed by atoms with Gasteiger partial charge >= 0.3 is 0 Å². The zero-order chi connectivity index (χ0) is 80.9. The van der Waals surface area contributed by atoms with Crippen LogP contribution in [0.3, 0.4) is 0 Å². The Kier molecular flexibility index (Phi) is 16.8. The average Bonchev–Trinajstić information content (AvgIpc) is 1.47. The van der Waals surface area contributed by atoms with Crippen LogP contribution in [0.15, 0.2) is 291 Å². The molecule has 117 heavy (non-hydrogen) atoms. The van der Waals surface area contributed by atoms with E-state index in [2.05, 4.69) is 428 Å². The van der Waals surface area contributed by atoms with Gasteiger partial charge in [0.15, 0.2) is 0 Å². The molecule has 14 aromatic carbocycles. The smallest absolute Gasteiger partial charge is 0.252 e. The minimum absolute atomic E-state index is 0.0504. The normalized spacial score (nSPS) is 15.8. The van der Waals surface area contributed by atoms with Crippen LogP contribution in [-0.2, 0) is 37.9 Å². The summed E-state index contributed by atoms with van der Waals surface area (Å²) in [6, 6.07) is 114. The Hall–Kier alpha value is -11.7. The topological polar surface area (TPSA) is 16.3 Å². The summed E-state index contributed by atoms with van der Waals surface area (Å²) in [6.45, 7) is 40.4. The van der Waals surface area contributed by atoms with Crippen molar-refractivity contribution in [3.8, 4) is 67.0 Å². The quantitative estimate of drug-likeness (QED) is 0.134. The lowest BCUT2D eigenvalue weighted by Crippen LogP contribution is -2.61. The summed E-state index contributed by atoms with van der Waals surface area (Å²) in [5.41, 5.74) is 39.6. The Morgan fingerprint density at radius 1 is 0.239 bits per heavy atom. The van der Waals surface area contributed by atoms with Gasteiger partial charge in [0.1, 0.15) is 0 Å². The number of rotatable bonds is 9. The number of hydrogen-bond donors (Lipinski definition) is 0. The van der Waals surface area contributed by atoms with Crippen molar-refractivity contribution in [1.82, 2.24) is 9.13 Å². The van der Waals surface area contributed by atoms with Gasteiger partial charge in [-0.25, -0.2) is 0 Å². The third-order valence-corrected chi connectivity index (χ3v) is 27.7. The van der Waals surface area contributed by atoms with Crippen molar-refractivity contribution < 1.29 is 0 Å². The van der Waals surface area contributed by atoms with E-state index >= 15 is 0 Å². The highest BCUT2D eigenvalue weighted by atomic mass is 15.2. The second-order valence-corrected chi connectivity index (χ2v) is 40.3. The molecular weight excluding hydrogens is 1410 g/mol. The van der Waals surface area contributed by atoms with Crippen molar-refractivity contribution in [2.75, 3.05) is 9.80 Å². The Morgan fingerprint density at radius 3 is 1.01 bits per heavy atom. The maximum absolute atomic E-state index is 2.66. The fraction of sp³-hybridized carbons (Fsp3) is 0.250. The van der Waals surface area contributed by atoms with E-state index in [-0.39, 0.29) is 44.6 Å². The van der Waals surface area contributed by atoms with Crippen LogP contribution < -0.4 is 26.2 Å². The number of nitrogens with zero attached hydrogens (tertiary/aromatic N) is 4. The molecule has 2 aliphatic carbocycles. The first-order valence-corrected chi connectivity index (χ1v) is 42.8. The van der Waals surface area contributed by atoms with Crippen molar-refractivity contribution in [3.05, 3.63) is 330 Å². The molecule has 0 saturated heterocycles. The summed E-state index contributed by atoms with van der Waals surface area (Å²) in [5, 5.41) is 4.95. The minimum Gasteiger partial charge on any atom is -0.311 e. The maximum Gasteiger partial charge on any atom is 0.252 e. The molecule has 4 heterocycles. The SMILES string of the molecule is CC(C)(C)c1cccc(-c2ccc3c(c2)N(c2ccc(-c4ccc5c(c4)C(C)(C)CCC5(C)C)cc2)c2cc(-n4c5ccc(C(C)(C)C)cc5c5cc(C(C)(C)C)ccc54)cc4c2B3c2ccc(-n3c5ccc(-c6ccccc6)cc5c5cc(-c6ccccc6)ccc53)cc2N4c2ccc(-c3ccc4c(c3)C(C)(C)CCC4(C)C)cc2)c1. The molecule has 0 radical (unpaired) electrons. The maximum atomic E-state index is 2.66. The van der Waals surface area contributed by atoms with Gasteiger partial charge in [-0.2, -0.15) is 0 Å². The molecule has 2 aliphatic heterocycles. The van der Waals surface area contributed by atoms with Crippen molar-refractivity contribution in [3.63, 3.8) is 0 Å². The molecule has 0 fully saturated rings. The van der Waals surface area contributed by atoms with Gasteiger partial charge < -0.3 is 18.9 Å². The number of hydrogen-bond acceptors (Lipinski definition) is 2. The van der Waals surface area contributed by atoms with Gasteiger partial charge in [-0.1, -0.05) is 306 Å². The summed E-state index contributed by atoms with van der Waals surface area (Å²) >= 11 is 0. The number of aromatic nitrogens is 2. The number of anilines is 6. The third-order valence-electron chi connectivity index (χ3n) is 27.7. The van der Waals surface area contributed by atoms with Gasteiger partial charge in [-0.3, -0.25) is 0 Å². The Labute approximate surface area is 693 Å². The molecule has 578 valence electrons. The van der Waals surface area contributed by atoms with Gasteiger partial charge in [0.2, 0.25) is 0 Å². The summed E-state index contributed by atoms with van der Waals surface area (Å²) in [6.07, 6.45) is 4.68. The largest absolute Gasteiger partial charge is 0.311 e. The molecule has 4 aliphatic rings. The first-order valence-electron chi connectivity index (χ1n) is 42.8. The number of fused-ring (bicyclic) bond motifs is 12. The molecule has 0 bridgehead atoms. The van der Waals surface area contributed by atoms with Crippen molar-refractivity contribution in [2.45, 2.75) is 181 Å². The van der Waals surface area contributed by atoms with Crippen molar-refractivity contribution >= 4 is 101 Å². The molecular formula is C112H107BN4. The van der Waals surface area contributed by atoms with E-state index in [1.807, 2.05) is 0 Å². The van der Waals surface area contributed by atoms with Crippen LogP contribution in [0.4, 0.5) is 34.1 Å². The van der Waals surface area contributed by atoms with Crippen LogP contribution in [0.25, 0.3) is 111 Å². The van der Waals surface area contributed by atoms with Crippen LogP contribution in [0.2, 0.25) is 0 Å². The summed E-state index contributed by atoms with van der Waals surface area (Å²) in [5.74, 6) is 0. The van der Waals surface area contributed by atoms with Gasteiger partial charge in [0, 0.05) is 61.4 Å². The Bertz CT molecular complexity index is 6570. The lowest BCUT2D eigenvalue weighted by molar-refractivity contribution is 0.332. The lowest BCUT2D eigenvalue weighted by atomic mass is 9.33. The molecule has 0 saturated carbocycles. The van der Waals surface area contributed by atoms with Gasteiger partial charge in [0.05, 0.1) is 27.8 Å². The predicted molar refractivity (Wildman–Crippen MR) is 503 cm³/mol. The van der Waals surface area contributed by atoms with Gasteiger partial charge in [-0.05, 0) is 278 Å². The fourth-order valence-corrected chi connectivity index (χ4v) is 20.4. The average molecular weight is 1520 g/mol. The molecule has 0 unspecified atom stereocenters. The van der Waals surface area contributed by atoms with Gasteiger partial charge in [0.25, 0.3) is 6.71 Å². The molecule has 5 heteroatoms. The van der Waals surface area contributed by atoms with Crippen LogP contribution >= 0.6 is 0 Å². The van der Waals surface area contributed by atoms with E-state index in [1.54, 1.807) is 0 Å². The molecule has 20 rings (SSSR count). The monoisotopic (exact) mass is 1520 g/mol. The van der Waals surface area contributed by atoms with E-state index in [4.69, 9.17) is 0 Å². The Balaban J connectivity index is 0.881. The molecule has 2 aromatic heterocycles. The highest BCUT2D eigenvalue weighted by molar-refractivity contribution is 7.00. The first kappa shape index (κ1) is 74.2. The molecule has 0 amide bonds. The predicted octanol–water partition coefficient (Wildman–Crippen LogP) is 28.9. The second kappa shape index (κ2) is 26.4. The molecule has 16 aromatic rings. The number of benzene rings is 14. The van der Waals surface area contributed by atoms with Crippen LogP contribution in [0, 0.1) is 0 Å². The summed E-state index contributed by atoms with van der Waals surface area (Å²) in [4.78, 5) is 5.32. The zero-order valence-electron chi connectivity index (χ0n) is 71.4. The molecule has 0 N–H and O–H groups in total. The highest BCUT2D eigenvalue weighted by Crippen LogP contribution is 2.53. The Morgan fingerprint density at radius 2 is 0.556 bits per heavy atom. The first-order chi connectivity index (χ1) is 55.8. The third kappa shape index (κ3) is 12.3. The van der Waals surface area contributed by atoms with E-state index in [0.29, 0.717) is 0 Å². The lowest BCUT2D eigenvalue weighted by Gasteiger charge is -2.44. The van der Waals surface area contributed by atoms with Crippen LogP contribution in [0.5, 0.6) is 0 Å².